The zero-order valence-corrected chi connectivity index (χ0v) is 25.8. The molecule has 0 radical (unpaired) electrons. The van der Waals surface area contributed by atoms with Gasteiger partial charge in [-0.3, -0.25) is 4.90 Å². The van der Waals surface area contributed by atoms with Crippen LogP contribution < -0.4 is 0 Å². The average Bonchev–Trinajstić information content (AvgIpc) is 3.30. The second kappa shape index (κ2) is 24.0. The fraction of sp³-hybridized carbons (Fsp3) is 1.00. The van der Waals surface area contributed by atoms with E-state index in [1.807, 2.05) is 7.11 Å². The molecule has 2 atom stereocenters. The van der Waals surface area contributed by atoms with E-state index in [4.69, 9.17) is 4.74 Å². The zero-order chi connectivity index (χ0) is 26.3. The second-order valence-corrected chi connectivity index (χ2v) is 12.3. The summed E-state index contributed by atoms with van der Waals surface area (Å²) in [6, 6.07) is 1.62. The van der Waals surface area contributed by atoms with Gasteiger partial charge in [-0.25, -0.2) is 0 Å². The maximum absolute atomic E-state index is 5.73. The van der Waals surface area contributed by atoms with Crippen molar-refractivity contribution >= 4 is 0 Å². The van der Waals surface area contributed by atoms with Crippen LogP contribution in [-0.2, 0) is 4.74 Å². The van der Waals surface area contributed by atoms with Crippen LogP contribution in [0.25, 0.3) is 0 Å². The van der Waals surface area contributed by atoms with Crippen LogP contribution in [0.4, 0.5) is 0 Å². The zero-order valence-electron chi connectivity index (χ0n) is 25.8. The summed E-state index contributed by atoms with van der Waals surface area (Å²) in [6.07, 6.45) is 32.7. The van der Waals surface area contributed by atoms with Crippen LogP contribution >= 0.6 is 0 Å². The Balaban J connectivity index is 2.92. The molecule has 0 amide bonds. The molecule has 1 fully saturated rings. The highest BCUT2D eigenvalue weighted by molar-refractivity contribution is 4.93. The van der Waals surface area contributed by atoms with Crippen LogP contribution in [0.1, 0.15) is 175 Å². The number of hydrogen-bond donors (Lipinski definition) is 0. The summed E-state index contributed by atoms with van der Waals surface area (Å²) < 4.78 is 5.73. The standard InChI is InChI=1S/C34H69NO/c1-6-10-14-18-22-26-33(27-23-19-15-11-7-2)35-29-31(30-36-5)28-34(35)32(24-20-16-12-8-3)25-21-17-13-9-4/h31-34H,6-30H2,1-5H3/t31?,34-/m0/s1. The fourth-order valence-electron chi connectivity index (χ4n) is 6.86. The van der Waals surface area contributed by atoms with Crippen molar-refractivity contribution in [2.75, 3.05) is 20.3 Å². The summed E-state index contributed by atoms with van der Waals surface area (Å²) in [5, 5.41) is 0. The van der Waals surface area contributed by atoms with Crippen LogP contribution in [0, 0.1) is 11.8 Å². The van der Waals surface area contributed by atoms with Gasteiger partial charge in [-0.2, -0.15) is 0 Å². The van der Waals surface area contributed by atoms with Gasteiger partial charge in [-0.05, 0) is 43.9 Å². The number of rotatable bonds is 26. The van der Waals surface area contributed by atoms with E-state index < -0.39 is 0 Å². The molecule has 1 saturated heterocycles. The SMILES string of the molecule is CCCCCCCC(CCCCCCC)N1CC(COC)C[C@H]1C(CCCCCC)CCCCCC. The van der Waals surface area contributed by atoms with Gasteiger partial charge in [0.2, 0.25) is 0 Å². The molecule has 0 N–H and O–H groups in total. The van der Waals surface area contributed by atoms with E-state index in [-0.39, 0.29) is 0 Å². The lowest BCUT2D eigenvalue weighted by molar-refractivity contribution is 0.102. The first-order valence-corrected chi connectivity index (χ1v) is 17.0. The Hall–Kier alpha value is -0.0800. The lowest BCUT2D eigenvalue weighted by atomic mass is 9.85. The molecule has 0 bridgehead atoms. The molecule has 0 spiro atoms. The molecule has 1 aliphatic rings. The lowest BCUT2D eigenvalue weighted by Gasteiger charge is -2.38. The monoisotopic (exact) mass is 508 g/mol. The molecule has 36 heavy (non-hydrogen) atoms. The Morgan fingerprint density at radius 3 is 1.44 bits per heavy atom. The predicted molar refractivity (Wildman–Crippen MR) is 162 cm³/mol. The number of ether oxygens (including phenoxy) is 1. The minimum atomic E-state index is 0.747. The van der Waals surface area contributed by atoms with E-state index in [0.717, 1.165) is 30.5 Å². The van der Waals surface area contributed by atoms with Gasteiger partial charge < -0.3 is 4.74 Å². The maximum Gasteiger partial charge on any atom is 0.0503 e. The van der Waals surface area contributed by atoms with Crippen molar-refractivity contribution in [3.63, 3.8) is 0 Å². The summed E-state index contributed by atoms with van der Waals surface area (Å²) in [4.78, 5) is 3.08. The third kappa shape index (κ3) is 15.4. The highest BCUT2D eigenvalue weighted by atomic mass is 16.5. The Labute approximate surface area is 229 Å². The quantitative estimate of drug-likeness (QED) is 0.108. The van der Waals surface area contributed by atoms with Gasteiger partial charge in [0.05, 0.1) is 6.61 Å². The highest BCUT2D eigenvalue weighted by Crippen LogP contribution is 2.37. The maximum atomic E-state index is 5.73. The summed E-state index contributed by atoms with van der Waals surface area (Å²) in [7, 11) is 1.92. The summed E-state index contributed by atoms with van der Waals surface area (Å²) >= 11 is 0. The van der Waals surface area contributed by atoms with Gasteiger partial charge in [0.1, 0.15) is 0 Å². The van der Waals surface area contributed by atoms with Crippen LogP contribution in [0.2, 0.25) is 0 Å². The minimum Gasteiger partial charge on any atom is -0.384 e. The van der Waals surface area contributed by atoms with Crippen molar-refractivity contribution in [3.8, 4) is 0 Å². The first-order chi connectivity index (χ1) is 17.7. The first-order valence-electron chi connectivity index (χ1n) is 17.0. The molecule has 0 saturated carbocycles. The van der Waals surface area contributed by atoms with E-state index in [9.17, 15) is 0 Å². The third-order valence-corrected chi connectivity index (χ3v) is 9.02. The summed E-state index contributed by atoms with van der Waals surface area (Å²) in [6.45, 7) is 11.6. The van der Waals surface area contributed by atoms with Gasteiger partial charge >= 0.3 is 0 Å². The number of likely N-dealkylation sites (tertiary alicyclic amines) is 1. The number of nitrogens with zero attached hydrogens (tertiary/aromatic N) is 1. The van der Waals surface area contributed by atoms with Crippen molar-refractivity contribution < 1.29 is 4.74 Å². The van der Waals surface area contributed by atoms with Gasteiger partial charge in [0.25, 0.3) is 0 Å². The van der Waals surface area contributed by atoms with Gasteiger partial charge in [-0.15, -0.1) is 0 Å². The molecular formula is C34H69NO. The van der Waals surface area contributed by atoms with Crippen LogP contribution in [0.5, 0.6) is 0 Å². The van der Waals surface area contributed by atoms with E-state index in [2.05, 4.69) is 32.6 Å². The topological polar surface area (TPSA) is 12.5 Å². The van der Waals surface area contributed by atoms with E-state index in [0.29, 0.717) is 0 Å². The molecular weight excluding hydrogens is 438 g/mol. The molecule has 1 aliphatic heterocycles. The smallest absolute Gasteiger partial charge is 0.0503 e. The van der Waals surface area contributed by atoms with Crippen molar-refractivity contribution in [2.24, 2.45) is 11.8 Å². The molecule has 0 aliphatic carbocycles. The molecule has 1 heterocycles. The first kappa shape index (κ1) is 33.9. The fourth-order valence-corrected chi connectivity index (χ4v) is 6.86. The van der Waals surface area contributed by atoms with Crippen molar-refractivity contribution in [1.29, 1.82) is 0 Å². The average molecular weight is 508 g/mol. The minimum absolute atomic E-state index is 0.747. The third-order valence-electron chi connectivity index (χ3n) is 9.02. The molecule has 0 aromatic rings. The van der Waals surface area contributed by atoms with Crippen LogP contribution in [-0.4, -0.2) is 37.2 Å². The predicted octanol–water partition coefficient (Wildman–Crippen LogP) is 11.0. The number of unbranched alkanes of at least 4 members (excludes halogenated alkanes) is 14. The van der Waals surface area contributed by atoms with Gasteiger partial charge in [0, 0.05) is 25.7 Å². The molecule has 2 nitrogen and oxygen atoms in total. The van der Waals surface area contributed by atoms with E-state index >= 15 is 0 Å². The van der Waals surface area contributed by atoms with E-state index in [1.54, 1.807) is 0 Å². The lowest BCUT2D eigenvalue weighted by Crippen LogP contribution is -2.43. The second-order valence-electron chi connectivity index (χ2n) is 12.3. The molecule has 2 heteroatoms. The number of hydrogen-bond acceptors (Lipinski definition) is 2. The Bertz CT molecular complexity index is 426. The Morgan fingerprint density at radius 1 is 0.583 bits per heavy atom. The van der Waals surface area contributed by atoms with Crippen LogP contribution in [0.15, 0.2) is 0 Å². The van der Waals surface area contributed by atoms with Crippen molar-refractivity contribution in [3.05, 3.63) is 0 Å². The Kier molecular flexibility index (Phi) is 22.6. The number of methoxy groups -OCH3 is 1. The normalized spacial score (nSPS) is 18.8. The Morgan fingerprint density at radius 2 is 1.00 bits per heavy atom. The van der Waals surface area contributed by atoms with E-state index in [1.165, 1.54) is 154 Å². The molecule has 0 aromatic heterocycles. The summed E-state index contributed by atoms with van der Waals surface area (Å²) in [5.74, 6) is 1.65. The highest BCUT2D eigenvalue weighted by Gasteiger charge is 2.39. The molecule has 0 aromatic carbocycles. The van der Waals surface area contributed by atoms with Gasteiger partial charge in [-0.1, -0.05) is 143 Å². The molecule has 1 unspecified atom stereocenters. The largest absolute Gasteiger partial charge is 0.384 e. The van der Waals surface area contributed by atoms with Gasteiger partial charge in [0.15, 0.2) is 0 Å². The molecule has 1 rings (SSSR count). The van der Waals surface area contributed by atoms with Crippen LogP contribution in [0.3, 0.4) is 0 Å². The molecule has 216 valence electrons. The van der Waals surface area contributed by atoms with Crippen molar-refractivity contribution in [2.45, 2.75) is 187 Å². The van der Waals surface area contributed by atoms with Crippen molar-refractivity contribution in [1.82, 2.24) is 4.90 Å². The summed E-state index contributed by atoms with van der Waals surface area (Å²) in [5.41, 5.74) is 0.